The van der Waals surface area contributed by atoms with Crippen LogP contribution in [0, 0.1) is 23.2 Å². The van der Waals surface area contributed by atoms with Crippen molar-refractivity contribution in [3.8, 4) is 5.75 Å². The highest BCUT2D eigenvalue weighted by Crippen LogP contribution is 2.60. The van der Waals surface area contributed by atoms with E-state index in [-0.39, 0.29) is 17.2 Å². The molecule has 25 heavy (non-hydrogen) atoms. The van der Waals surface area contributed by atoms with Gasteiger partial charge in [0.1, 0.15) is 11.5 Å². The van der Waals surface area contributed by atoms with Gasteiger partial charge < -0.3 is 10.8 Å². The molecule has 1 aromatic rings. The normalized spacial score (nSPS) is 35.7. The van der Waals surface area contributed by atoms with Gasteiger partial charge in [0.05, 0.1) is 0 Å². The molecule has 4 rings (SSSR count). The molecule has 2 fully saturated rings. The van der Waals surface area contributed by atoms with Crippen molar-refractivity contribution in [1.29, 1.82) is 0 Å². The molecule has 0 bridgehead atoms. The second-order valence-electron chi connectivity index (χ2n) is 8.37. The number of amides is 1. The maximum atomic E-state index is 12.6. The molecule has 3 aliphatic carbocycles. The highest BCUT2D eigenvalue weighted by molar-refractivity contribution is 5.89. The van der Waals surface area contributed by atoms with Crippen LogP contribution in [-0.2, 0) is 16.0 Å². The summed E-state index contributed by atoms with van der Waals surface area (Å²) in [6.07, 6.45) is 5.50. The van der Waals surface area contributed by atoms with Gasteiger partial charge in [0.15, 0.2) is 0 Å². The lowest BCUT2D eigenvalue weighted by molar-refractivity contribution is -0.131. The van der Waals surface area contributed by atoms with E-state index in [0.29, 0.717) is 29.3 Å². The first-order valence-electron chi connectivity index (χ1n) is 9.36. The molecule has 0 spiro atoms. The lowest BCUT2D eigenvalue weighted by Gasteiger charge is -2.48. The van der Waals surface area contributed by atoms with Gasteiger partial charge in [-0.25, -0.2) is 0 Å². The van der Waals surface area contributed by atoms with Gasteiger partial charge in [-0.15, -0.1) is 0 Å². The number of rotatable bonds is 0. The Hall–Kier alpha value is -1.84. The average molecular weight is 343 g/mol. The zero-order chi connectivity index (χ0) is 18.4. The van der Waals surface area contributed by atoms with Crippen molar-refractivity contribution < 1.29 is 14.7 Å². The summed E-state index contributed by atoms with van der Waals surface area (Å²) in [5.41, 5.74) is 7.19. The summed E-state index contributed by atoms with van der Waals surface area (Å²) in [5, 5.41) is 9.70. The first-order valence-corrected chi connectivity index (χ1v) is 9.36. The molecule has 3 N–H and O–H groups in total. The number of hydrogen-bond donors (Lipinski definition) is 2. The number of carbonyl (C=O) groups excluding carboxylic acids is 2. The van der Waals surface area contributed by atoms with Gasteiger partial charge in [-0.1, -0.05) is 19.9 Å². The maximum Gasteiger partial charge on any atom is 0.214 e. The number of aromatic hydroxyl groups is 1. The van der Waals surface area contributed by atoms with E-state index in [4.69, 9.17) is 0 Å². The van der Waals surface area contributed by atoms with E-state index in [2.05, 4.69) is 25.6 Å². The van der Waals surface area contributed by atoms with Crippen molar-refractivity contribution >= 4 is 11.7 Å². The molecule has 5 atom stereocenters. The third-order valence-electron chi connectivity index (χ3n) is 6.72. The minimum absolute atomic E-state index is 0.0605. The number of ketones is 1. The van der Waals surface area contributed by atoms with Crippen molar-refractivity contribution in [3.05, 3.63) is 29.3 Å². The Morgan fingerprint density at radius 1 is 1.32 bits per heavy atom. The predicted octanol–water partition coefficient (Wildman–Crippen LogP) is 3.56. The predicted molar refractivity (Wildman–Crippen MR) is 97.1 cm³/mol. The zero-order valence-electron chi connectivity index (χ0n) is 15.4. The smallest absolute Gasteiger partial charge is 0.214 e. The van der Waals surface area contributed by atoms with E-state index in [0.717, 1.165) is 25.7 Å². The molecule has 0 radical (unpaired) electrons. The van der Waals surface area contributed by atoms with Crippen molar-refractivity contribution in [1.82, 2.24) is 0 Å². The summed E-state index contributed by atoms with van der Waals surface area (Å²) >= 11 is 0. The minimum Gasteiger partial charge on any atom is -0.508 e. The van der Waals surface area contributed by atoms with E-state index < -0.39 is 0 Å². The Balaban J connectivity index is 0.000000415. The monoisotopic (exact) mass is 343 g/mol. The van der Waals surface area contributed by atoms with Crippen LogP contribution in [-0.4, -0.2) is 16.8 Å². The number of primary amides is 1. The van der Waals surface area contributed by atoms with Gasteiger partial charge in [-0.05, 0) is 73.1 Å². The number of fused-ring (bicyclic) bond motifs is 5. The van der Waals surface area contributed by atoms with Gasteiger partial charge in [-0.2, -0.15) is 0 Å². The molecule has 4 nitrogen and oxygen atoms in total. The van der Waals surface area contributed by atoms with Gasteiger partial charge >= 0.3 is 0 Å². The van der Waals surface area contributed by atoms with Crippen molar-refractivity contribution in [2.75, 3.05) is 0 Å². The van der Waals surface area contributed by atoms with Crippen LogP contribution in [0.3, 0.4) is 0 Å². The van der Waals surface area contributed by atoms with Crippen molar-refractivity contribution in [2.24, 2.45) is 28.9 Å². The topological polar surface area (TPSA) is 80.4 Å². The van der Waals surface area contributed by atoms with Crippen LogP contribution < -0.4 is 5.73 Å². The van der Waals surface area contributed by atoms with Gasteiger partial charge in [0, 0.05) is 18.3 Å². The second-order valence-corrected chi connectivity index (χ2v) is 8.37. The van der Waals surface area contributed by atoms with E-state index >= 15 is 0 Å². The molecule has 0 aliphatic heterocycles. The zero-order valence-corrected chi connectivity index (χ0v) is 15.4. The number of Topliss-reactive ketones (excluding diaryl/α,β-unsaturated/α-hetero) is 1. The molecular weight excluding hydrogens is 314 g/mol. The van der Waals surface area contributed by atoms with E-state index in [1.807, 2.05) is 12.1 Å². The molecule has 136 valence electrons. The number of aryl methyl sites for hydroxylation is 1. The highest BCUT2D eigenvalue weighted by atomic mass is 16.3. The van der Waals surface area contributed by atoms with Crippen LogP contribution in [0.4, 0.5) is 0 Å². The van der Waals surface area contributed by atoms with Crippen LogP contribution >= 0.6 is 0 Å². The summed E-state index contributed by atoms with van der Waals surface area (Å²) in [6.45, 7) is 5.65. The average Bonchev–Trinajstić information content (AvgIpc) is 2.77. The lowest BCUT2D eigenvalue weighted by Crippen LogP contribution is -2.42. The molecule has 2 saturated carbocycles. The Kier molecular flexibility index (Phi) is 4.65. The van der Waals surface area contributed by atoms with Gasteiger partial charge in [0.25, 0.3) is 0 Å². The first kappa shape index (κ1) is 18.0. The molecule has 5 unspecified atom stereocenters. The van der Waals surface area contributed by atoms with Crippen molar-refractivity contribution in [3.63, 3.8) is 0 Å². The van der Waals surface area contributed by atoms with E-state index in [1.54, 1.807) is 0 Å². The number of hydrogen-bond acceptors (Lipinski definition) is 3. The summed E-state index contributed by atoms with van der Waals surface area (Å²) in [6, 6.07) is 5.91. The van der Waals surface area contributed by atoms with Gasteiger partial charge in [-0.3, -0.25) is 9.59 Å². The van der Waals surface area contributed by atoms with Crippen molar-refractivity contribution in [2.45, 2.75) is 58.8 Å². The number of phenolic OH excluding ortho intramolecular Hbond substituents is 1. The van der Waals surface area contributed by atoms with Gasteiger partial charge in [0.2, 0.25) is 5.91 Å². The second kappa shape index (κ2) is 6.47. The molecule has 1 amide bonds. The number of phenols is 1. The standard InChI is InChI=1S/C19H24O2.C2H5NO/c1-11-9-17-16-5-3-12-10-13(20)4-6-14(12)15(16)7-8-19(17,2)18(11)21;1-2(3)4/h4,6,10-11,15-17,20H,3,5,7-9H2,1-2H3;1H3,(H2,3,4). The van der Waals surface area contributed by atoms with Crippen LogP contribution in [0.1, 0.15) is 63.5 Å². The SMILES string of the molecule is CC(N)=O.CC1CC2C3CCc4cc(O)ccc4C3CCC2(C)C1=O. The molecule has 1 aromatic carbocycles. The Labute approximate surface area is 149 Å². The van der Waals surface area contributed by atoms with Crippen LogP contribution in [0.25, 0.3) is 0 Å². The Bertz CT molecular complexity index is 694. The highest BCUT2D eigenvalue weighted by Gasteiger charge is 2.56. The third-order valence-corrected chi connectivity index (χ3v) is 6.72. The lowest BCUT2D eigenvalue weighted by atomic mass is 9.55. The Morgan fingerprint density at radius 3 is 2.68 bits per heavy atom. The van der Waals surface area contributed by atoms with Crippen LogP contribution in [0.5, 0.6) is 5.75 Å². The molecule has 0 saturated heterocycles. The third kappa shape index (κ3) is 3.07. The Morgan fingerprint density at radius 2 is 2.00 bits per heavy atom. The summed E-state index contributed by atoms with van der Waals surface area (Å²) in [7, 11) is 0. The fraction of sp³-hybridized carbons (Fsp3) is 0.619. The number of benzene rings is 1. The number of nitrogens with two attached hydrogens (primary N) is 1. The molecule has 0 aromatic heterocycles. The maximum absolute atomic E-state index is 12.6. The quantitative estimate of drug-likeness (QED) is 0.756. The fourth-order valence-corrected chi connectivity index (χ4v) is 5.68. The van der Waals surface area contributed by atoms with Crippen LogP contribution in [0.15, 0.2) is 18.2 Å². The molecular formula is C21H29NO3. The van der Waals surface area contributed by atoms with E-state index in [1.165, 1.54) is 24.5 Å². The molecule has 4 heteroatoms. The summed E-state index contributed by atoms with van der Waals surface area (Å²) in [4.78, 5) is 21.8. The largest absolute Gasteiger partial charge is 0.508 e. The van der Waals surface area contributed by atoms with Crippen LogP contribution in [0.2, 0.25) is 0 Å². The first-order chi connectivity index (χ1) is 11.7. The molecule has 3 aliphatic rings. The summed E-state index contributed by atoms with van der Waals surface area (Å²) < 4.78 is 0. The molecule has 0 heterocycles. The number of carbonyl (C=O) groups is 2. The minimum atomic E-state index is -0.333. The fourth-order valence-electron chi connectivity index (χ4n) is 5.68. The van der Waals surface area contributed by atoms with E-state index in [9.17, 15) is 14.7 Å². The summed E-state index contributed by atoms with van der Waals surface area (Å²) in [5.74, 6) is 2.65.